The number of pyridine rings is 1. The topological polar surface area (TPSA) is 69.9 Å². The summed E-state index contributed by atoms with van der Waals surface area (Å²) in [6.07, 6.45) is 5.68. The van der Waals surface area contributed by atoms with Crippen LogP contribution in [0.5, 0.6) is 5.75 Å². The number of hydrogen-bond acceptors (Lipinski definition) is 5. The molecule has 136 valence electrons. The van der Waals surface area contributed by atoms with E-state index in [0.29, 0.717) is 17.9 Å². The highest BCUT2D eigenvalue weighted by atomic mass is 16.5. The van der Waals surface area contributed by atoms with Crippen molar-refractivity contribution in [2.45, 2.75) is 20.0 Å². The number of carbonyl (C=O) groups excluding carboxylic acids is 1. The summed E-state index contributed by atoms with van der Waals surface area (Å²) in [5, 5.41) is 0. The van der Waals surface area contributed by atoms with E-state index in [9.17, 15) is 9.59 Å². The van der Waals surface area contributed by atoms with Crippen LogP contribution in [-0.4, -0.2) is 22.0 Å². The molecule has 3 heterocycles. The summed E-state index contributed by atoms with van der Waals surface area (Å²) in [6, 6.07) is 10.8. The summed E-state index contributed by atoms with van der Waals surface area (Å²) in [4.78, 5) is 28.5. The van der Waals surface area contributed by atoms with E-state index in [1.807, 2.05) is 31.2 Å². The second-order valence-electron chi connectivity index (χ2n) is 6.43. The number of ether oxygens (including phenoxy) is 2. The lowest BCUT2D eigenvalue weighted by Gasteiger charge is -2.05. The van der Waals surface area contributed by atoms with Crippen molar-refractivity contribution in [2.75, 3.05) is 6.61 Å². The van der Waals surface area contributed by atoms with Crippen LogP contribution in [0.2, 0.25) is 0 Å². The maximum Gasteiger partial charge on any atom is 0.331 e. The molecule has 4 rings (SSSR count). The first-order valence-corrected chi connectivity index (χ1v) is 8.68. The Hall–Kier alpha value is -3.41. The molecule has 0 aliphatic carbocycles. The molecule has 6 heteroatoms. The molecule has 27 heavy (non-hydrogen) atoms. The third kappa shape index (κ3) is 3.74. The van der Waals surface area contributed by atoms with Gasteiger partial charge in [-0.3, -0.25) is 9.20 Å². The molecule has 0 spiro atoms. The zero-order chi connectivity index (χ0) is 18.8. The van der Waals surface area contributed by atoms with E-state index in [2.05, 4.69) is 4.98 Å². The van der Waals surface area contributed by atoms with Gasteiger partial charge in [0.25, 0.3) is 5.56 Å². The number of aryl methyl sites for hydroxylation is 1. The van der Waals surface area contributed by atoms with Crippen LogP contribution in [0.25, 0.3) is 11.7 Å². The van der Waals surface area contributed by atoms with E-state index >= 15 is 0 Å². The van der Waals surface area contributed by atoms with Gasteiger partial charge in [-0.2, -0.15) is 0 Å². The highest BCUT2D eigenvalue weighted by Crippen LogP contribution is 2.26. The first-order valence-electron chi connectivity index (χ1n) is 8.68. The Balaban J connectivity index is 1.42. The number of benzene rings is 1. The lowest BCUT2D eigenvalue weighted by molar-refractivity contribution is -0.139. The summed E-state index contributed by atoms with van der Waals surface area (Å²) in [5.74, 6) is 0.413. The van der Waals surface area contributed by atoms with E-state index in [0.717, 1.165) is 28.9 Å². The molecule has 0 N–H and O–H groups in total. The van der Waals surface area contributed by atoms with E-state index in [1.165, 1.54) is 16.5 Å². The van der Waals surface area contributed by atoms with Crippen molar-refractivity contribution in [3.63, 3.8) is 0 Å². The Morgan fingerprint density at radius 1 is 1.30 bits per heavy atom. The van der Waals surface area contributed by atoms with E-state index in [4.69, 9.17) is 9.47 Å². The van der Waals surface area contributed by atoms with Gasteiger partial charge in [-0.05, 0) is 47.9 Å². The zero-order valence-electron chi connectivity index (χ0n) is 14.8. The first kappa shape index (κ1) is 17.0. The second-order valence-corrected chi connectivity index (χ2v) is 6.43. The average molecular weight is 362 g/mol. The number of hydrogen-bond donors (Lipinski definition) is 0. The van der Waals surface area contributed by atoms with E-state index in [-0.39, 0.29) is 12.2 Å². The number of carbonyl (C=O) groups is 1. The van der Waals surface area contributed by atoms with Crippen molar-refractivity contribution in [3.8, 4) is 5.75 Å². The predicted molar refractivity (Wildman–Crippen MR) is 101 cm³/mol. The zero-order valence-corrected chi connectivity index (χ0v) is 14.8. The van der Waals surface area contributed by atoms with Crippen LogP contribution in [0, 0.1) is 6.92 Å². The lowest BCUT2D eigenvalue weighted by atomic mass is 10.1. The van der Waals surface area contributed by atoms with Gasteiger partial charge in [0.05, 0.1) is 12.3 Å². The van der Waals surface area contributed by atoms with Crippen LogP contribution in [0.15, 0.2) is 53.5 Å². The highest BCUT2D eigenvalue weighted by molar-refractivity contribution is 5.87. The summed E-state index contributed by atoms with van der Waals surface area (Å²) in [7, 11) is 0. The van der Waals surface area contributed by atoms with Gasteiger partial charge in [-0.1, -0.05) is 12.1 Å². The third-order valence-electron chi connectivity index (χ3n) is 4.35. The normalized spacial score (nSPS) is 12.9. The molecule has 0 saturated heterocycles. The lowest BCUT2D eigenvalue weighted by Crippen LogP contribution is -2.16. The van der Waals surface area contributed by atoms with E-state index < -0.39 is 5.97 Å². The second kappa shape index (κ2) is 7.07. The fourth-order valence-electron chi connectivity index (χ4n) is 3.00. The number of esters is 1. The maximum atomic E-state index is 12.2. The van der Waals surface area contributed by atoms with Crippen LogP contribution >= 0.6 is 0 Å². The van der Waals surface area contributed by atoms with Crippen molar-refractivity contribution in [2.24, 2.45) is 0 Å². The monoisotopic (exact) mass is 362 g/mol. The molecule has 0 unspecified atom stereocenters. The quantitative estimate of drug-likeness (QED) is 0.527. The molecule has 0 radical (unpaired) electrons. The minimum atomic E-state index is -0.488. The van der Waals surface area contributed by atoms with Crippen molar-refractivity contribution in [1.29, 1.82) is 0 Å². The van der Waals surface area contributed by atoms with Crippen LogP contribution < -0.4 is 10.3 Å². The van der Waals surface area contributed by atoms with Crippen molar-refractivity contribution in [3.05, 3.63) is 81.4 Å². The Bertz CT molecular complexity index is 1110. The van der Waals surface area contributed by atoms with Gasteiger partial charge in [0.2, 0.25) is 0 Å². The highest BCUT2D eigenvalue weighted by Gasteiger charge is 2.11. The fourth-order valence-corrected chi connectivity index (χ4v) is 3.00. The summed E-state index contributed by atoms with van der Waals surface area (Å²) in [6.45, 7) is 2.55. The molecule has 1 aromatic carbocycles. The molecule has 3 aromatic rings. The van der Waals surface area contributed by atoms with Gasteiger partial charge in [0, 0.05) is 24.8 Å². The Kier molecular flexibility index (Phi) is 4.46. The smallest absolute Gasteiger partial charge is 0.331 e. The number of fused-ring (bicyclic) bond motifs is 2. The molecular formula is C21H18N2O4. The summed E-state index contributed by atoms with van der Waals surface area (Å²) < 4.78 is 12.1. The van der Waals surface area contributed by atoms with Crippen molar-refractivity contribution >= 4 is 17.7 Å². The van der Waals surface area contributed by atoms with Gasteiger partial charge >= 0.3 is 5.97 Å². The van der Waals surface area contributed by atoms with Crippen molar-refractivity contribution < 1.29 is 14.3 Å². The van der Waals surface area contributed by atoms with Crippen LogP contribution in [0.1, 0.15) is 22.4 Å². The molecule has 0 amide bonds. The molecular weight excluding hydrogens is 344 g/mol. The van der Waals surface area contributed by atoms with Gasteiger partial charge in [-0.15, -0.1) is 0 Å². The number of nitrogens with zero attached hydrogens (tertiary/aromatic N) is 2. The van der Waals surface area contributed by atoms with E-state index in [1.54, 1.807) is 18.3 Å². The third-order valence-corrected chi connectivity index (χ3v) is 4.35. The van der Waals surface area contributed by atoms with Crippen LogP contribution in [-0.2, 0) is 22.6 Å². The van der Waals surface area contributed by atoms with Crippen LogP contribution in [0.4, 0.5) is 0 Å². The van der Waals surface area contributed by atoms with Crippen molar-refractivity contribution in [1.82, 2.24) is 9.38 Å². The van der Waals surface area contributed by atoms with Crippen LogP contribution in [0.3, 0.4) is 0 Å². The van der Waals surface area contributed by atoms with Gasteiger partial charge in [0.15, 0.2) is 0 Å². The molecule has 0 atom stereocenters. The predicted octanol–water partition coefficient (Wildman–Crippen LogP) is 2.69. The molecule has 0 saturated carbocycles. The molecule has 1 aliphatic heterocycles. The largest absolute Gasteiger partial charge is 0.493 e. The minimum Gasteiger partial charge on any atom is -0.493 e. The SMILES string of the molecule is Cc1ccc2nc(COC(=O)/C=C/c3ccc4c(c3)CCO4)cc(=O)n2c1. The Morgan fingerprint density at radius 3 is 3.07 bits per heavy atom. The first-order chi connectivity index (χ1) is 13.1. The molecule has 0 bridgehead atoms. The van der Waals surface area contributed by atoms with Gasteiger partial charge < -0.3 is 9.47 Å². The molecule has 0 fully saturated rings. The minimum absolute atomic E-state index is 0.0547. The average Bonchev–Trinajstić information content (AvgIpc) is 3.13. The Morgan fingerprint density at radius 2 is 2.19 bits per heavy atom. The van der Waals surface area contributed by atoms with Gasteiger partial charge in [0.1, 0.15) is 18.0 Å². The maximum absolute atomic E-state index is 12.2. The molecule has 6 nitrogen and oxygen atoms in total. The standard InChI is InChI=1S/C21H18N2O4/c1-14-2-6-19-22-17(11-20(24)23(19)12-14)13-27-21(25)7-4-15-3-5-18-16(10-15)8-9-26-18/h2-7,10-12H,8-9,13H2,1H3/b7-4+. The molecule has 2 aromatic heterocycles. The number of aromatic nitrogens is 2. The summed E-state index contributed by atoms with van der Waals surface area (Å²) in [5.41, 5.74) is 3.75. The summed E-state index contributed by atoms with van der Waals surface area (Å²) >= 11 is 0. The fraction of sp³-hybridized carbons (Fsp3) is 0.190. The molecule has 1 aliphatic rings. The van der Waals surface area contributed by atoms with Gasteiger partial charge in [-0.25, -0.2) is 9.78 Å². The number of rotatable bonds is 4. The Labute approximate surface area is 155 Å².